The summed E-state index contributed by atoms with van der Waals surface area (Å²) in [7, 11) is 0. The third kappa shape index (κ3) is 2.23. The third-order valence-corrected chi connectivity index (χ3v) is 2.94. The normalized spacial score (nSPS) is 15.8. The van der Waals surface area contributed by atoms with Crippen LogP contribution in [0.2, 0.25) is 5.02 Å². The van der Waals surface area contributed by atoms with Crippen LogP contribution in [0.15, 0.2) is 18.2 Å². The number of carbonyl (C=O) groups is 1. The summed E-state index contributed by atoms with van der Waals surface area (Å²) in [6.07, 6.45) is 3.31. The van der Waals surface area contributed by atoms with E-state index in [4.69, 9.17) is 17.3 Å². The number of anilines is 1. The fourth-order valence-electron chi connectivity index (χ4n) is 1.54. The van der Waals surface area contributed by atoms with Gasteiger partial charge in [0.2, 0.25) is 0 Å². The van der Waals surface area contributed by atoms with E-state index in [0.717, 1.165) is 12.8 Å². The number of benzene rings is 1. The quantitative estimate of drug-likeness (QED) is 0.757. The molecule has 0 radical (unpaired) electrons. The van der Waals surface area contributed by atoms with E-state index in [1.165, 1.54) is 6.42 Å². The van der Waals surface area contributed by atoms with E-state index >= 15 is 0 Å². The van der Waals surface area contributed by atoms with Gasteiger partial charge in [-0.2, -0.15) is 0 Å². The molecule has 1 saturated carbocycles. The topological polar surface area (TPSA) is 55.1 Å². The summed E-state index contributed by atoms with van der Waals surface area (Å²) in [5.74, 6) is -0.125. The van der Waals surface area contributed by atoms with E-state index < -0.39 is 0 Å². The number of hydrogen-bond acceptors (Lipinski definition) is 2. The SMILES string of the molecule is Nc1ccc(Cl)cc1C(=O)NC1CCC1. The fourth-order valence-corrected chi connectivity index (χ4v) is 1.71. The van der Waals surface area contributed by atoms with Crippen molar-refractivity contribution in [1.29, 1.82) is 0 Å². The average molecular weight is 225 g/mol. The third-order valence-electron chi connectivity index (χ3n) is 2.70. The maximum Gasteiger partial charge on any atom is 0.253 e. The molecule has 0 atom stereocenters. The van der Waals surface area contributed by atoms with Crippen molar-refractivity contribution in [3.05, 3.63) is 28.8 Å². The number of rotatable bonds is 2. The molecule has 1 aliphatic rings. The molecular formula is C11H13ClN2O. The standard InChI is InChI=1S/C11H13ClN2O/c12-7-4-5-10(13)9(6-7)11(15)14-8-2-1-3-8/h4-6,8H,1-3,13H2,(H,14,15). The molecule has 3 nitrogen and oxygen atoms in total. The molecule has 1 fully saturated rings. The van der Waals surface area contributed by atoms with Gasteiger partial charge in [0.05, 0.1) is 5.56 Å². The Morgan fingerprint density at radius 2 is 2.20 bits per heavy atom. The molecule has 80 valence electrons. The lowest BCUT2D eigenvalue weighted by atomic mass is 9.93. The number of amides is 1. The van der Waals surface area contributed by atoms with Crippen LogP contribution in [0, 0.1) is 0 Å². The van der Waals surface area contributed by atoms with Crippen molar-refractivity contribution < 1.29 is 4.79 Å². The Balaban J connectivity index is 2.12. The van der Waals surface area contributed by atoms with Gasteiger partial charge in [-0.1, -0.05) is 11.6 Å². The highest BCUT2D eigenvalue weighted by Gasteiger charge is 2.21. The Labute approximate surface area is 93.6 Å². The van der Waals surface area contributed by atoms with Crippen molar-refractivity contribution in [2.75, 3.05) is 5.73 Å². The number of carbonyl (C=O) groups excluding carboxylic acids is 1. The van der Waals surface area contributed by atoms with Gasteiger partial charge in [-0.25, -0.2) is 0 Å². The zero-order chi connectivity index (χ0) is 10.8. The van der Waals surface area contributed by atoms with Crippen LogP contribution >= 0.6 is 11.6 Å². The monoisotopic (exact) mass is 224 g/mol. The maximum absolute atomic E-state index is 11.8. The summed E-state index contributed by atoms with van der Waals surface area (Å²) in [6, 6.07) is 5.25. The fraction of sp³-hybridized carbons (Fsp3) is 0.364. The summed E-state index contributed by atoms with van der Waals surface area (Å²) in [5, 5.41) is 3.45. The highest BCUT2D eigenvalue weighted by Crippen LogP contribution is 2.21. The Hall–Kier alpha value is -1.22. The average Bonchev–Trinajstić information content (AvgIpc) is 2.15. The van der Waals surface area contributed by atoms with E-state index in [2.05, 4.69) is 5.32 Å². The van der Waals surface area contributed by atoms with Gasteiger partial charge in [0.15, 0.2) is 0 Å². The van der Waals surface area contributed by atoms with Crippen LogP contribution < -0.4 is 11.1 Å². The zero-order valence-corrected chi connectivity index (χ0v) is 9.05. The largest absolute Gasteiger partial charge is 0.398 e. The molecule has 4 heteroatoms. The lowest BCUT2D eigenvalue weighted by Crippen LogP contribution is -2.39. The molecule has 0 spiro atoms. The number of hydrogen-bond donors (Lipinski definition) is 2. The Kier molecular flexibility index (Phi) is 2.82. The number of halogens is 1. The van der Waals surface area contributed by atoms with E-state index in [0.29, 0.717) is 22.3 Å². The molecule has 0 heterocycles. The van der Waals surface area contributed by atoms with Crippen LogP contribution in [-0.4, -0.2) is 11.9 Å². The summed E-state index contributed by atoms with van der Waals surface area (Å²) < 4.78 is 0. The van der Waals surface area contributed by atoms with Crippen LogP contribution in [0.4, 0.5) is 5.69 Å². The first-order chi connectivity index (χ1) is 7.16. The van der Waals surface area contributed by atoms with Crippen LogP contribution in [0.1, 0.15) is 29.6 Å². The molecule has 1 aromatic carbocycles. The molecule has 1 amide bonds. The van der Waals surface area contributed by atoms with Gasteiger partial charge >= 0.3 is 0 Å². The predicted molar refractivity (Wildman–Crippen MR) is 61.0 cm³/mol. The summed E-state index contributed by atoms with van der Waals surface area (Å²) in [6.45, 7) is 0. The molecule has 0 bridgehead atoms. The van der Waals surface area contributed by atoms with E-state index in [-0.39, 0.29) is 5.91 Å². The minimum absolute atomic E-state index is 0.125. The lowest BCUT2D eigenvalue weighted by molar-refractivity contribution is 0.0918. The number of nitrogen functional groups attached to an aromatic ring is 1. The van der Waals surface area contributed by atoms with Gasteiger partial charge in [-0.3, -0.25) is 4.79 Å². The molecule has 1 aliphatic carbocycles. The minimum atomic E-state index is -0.125. The summed E-state index contributed by atoms with van der Waals surface area (Å²) in [4.78, 5) is 11.8. The van der Waals surface area contributed by atoms with E-state index in [1.54, 1.807) is 18.2 Å². The van der Waals surface area contributed by atoms with Crippen molar-refractivity contribution in [3.63, 3.8) is 0 Å². The number of nitrogens with two attached hydrogens (primary N) is 1. The summed E-state index contributed by atoms with van der Waals surface area (Å²) >= 11 is 5.81. The van der Waals surface area contributed by atoms with E-state index in [1.807, 2.05) is 0 Å². The molecule has 0 aliphatic heterocycles. The molecule has 0 saturated heterocycles. The van der Waals surface area contributed by atoms with Crippen LogP contribution in [-0.2, 0) is 0 Å². The molecular weight excluding hydrogens is 212 g/mol. The summed E-state index contributed by atoms with van der Waals surface area (Å²) in [5.41, 5.74) is 6.64. The second kappa shape index (κ2) is 4.11. The highest BCUT2D eigenvalue weighted by molar-refractivity contribution is 6.31. The van der Waals surface area contributed by atoms with E-state index in [9.17, 15) is 4.79 Å². The Morgan fingerprint density at radius 3 is 2.80 bits per heavy atom. The first kappa shape index (κ1) is 10.3. The molecule has 0 aromatic heterocycles. The van der Waals surface area contributed by atoms with Gasteiger partial charge in [0, 0.05) is 16.8 Å². The first-order valence-electron chi connectivity index (χ1n) is 5.02. The van der Waals surface area contributed by atoms with Gasteiger partial charge in [0.1, 0.15) is 0 Å². The molecule has 0 unspecified atom stereocenters. The predicted octanol–water partition coefficient (Wildman–Crippen LogP) is 2.20. The van der Waals surface area contributed by atoms with Gasteiger partial charge in [0.25, 0.3) is 5.91 Å². The molecule has 15 heavy (non-hydrogen) atoms. The van der Waals surface area contributed by atoms with Crippen LogP contribution in [0.25, 0.3) is 0 Å². The Bertz CT molecular complexity index is 388. The zero-order valence-electron chi connectivity index (χ0n) is 8.29. The number of nitrogens with one attached hydrogen (secondary N) is 1. The van der Waals surface area contributed by atoms with Crippen molar-refractivity contribution in [2.45, 2.75) is 25.3 Å². The van der Waals surface area contributed by atoms with Crippen molar-refractivity contribution in [2.24, 2.45) is 0 Å². The second-order valence-electron chi connectivity index (χ2n) is 3.83. The van der Waals surface area contributed by atoms with Gasteiger partial charge in [-0.15, -0.1) is 0 Å². The van der Waals surface area contributed by atoms with Crippen LogP contribution in [0.5, 0.6) is 0 Å². The van der Waals surface area contributed by atoms with Crippen molar-refractivity contribution in [1.82, 2.24) is 5.32 Å². The smallest absolute Gasteiger partial charge is 0.253 e. The van der Waals surface area contributed by atoms with Crippen molar-refractivity contribution in [3.8, 4) is 0 Å². The van der Waals surface area contributed by atoms with Gasteiger partial charge < -0.3 is 11.1 Å². The van der Waals surface area contributed by atoms with Crippen molar-refractivity contribution >= 4 is 23.2 Å². The first-order valence-corrected chi connectivity index (χ1v) is 5.40. The molecule has 3 N–H and O–H groups in total. The Morgan fingerprint density at radius 1 is 1.47 bits per heavy atom. The minimum Gasteiger partial charge on any atom is -0.398 e. The lowest BCUT2D eigenvalue weighted by Gasteiger charge is -2.26. The molecule has 1 aromatic rings. The molecule has 2 rings (SSSR count). The maximum atomic E-state index is 11.8. The van der Waals surface area contributed by atoms with Gasteiger partial charge in [-0.05, 0) is 37.5 Å². The second-order valence-corrected chi connectivity index (χ2v) is 4.27. The highest BCUT2D eigenvalue weighted by atomic mass is 35.5. The van der Waals surface area contributed by atoms with Crippen LogP contribution in [0.3, 0.4) is 0 Å².